The van der Waals surface area contributed by atoms with Crippen LogP contribution in [0.2, 0.25) is 10.0 Å². The molecule has 1 aromatic heterocycles. The van der Waals surface area contributed by atoms with E-state index < -0.39 is 10.0 Å². The molecule has 1 fully saturated rings. The van der Waals surface area contributed by atoms with Gasteiger partial charge in [-0.3, -0.25) is 0 Å². The lowest BCUT2D eigenvalue weighted by Crippen LogP contribution is -2.27. The first-order valence-electron chi connectivity index (χ1n) is 13.0. The molecular weight excluding hydrogens is 549 g/mol. The van der Waals surface area contributed by atoms with Gasteiger partial charge in [-0.15, -0.1) is 0 Å². The molecule has 0 atom stereocenters. The molecule has 0 aliphatic carbocycles. The van der Waals surface area contributed by atoms with Gasteiger partial charge in [0.15, 0.2) is 0 Å². The van der Waals surface area contributed by atoms with Gasteiger partial charge in [0.25, 0.3) is 10.0 Å². The van der Waals surface area contributed by atoms with Crippen molar-refractivity contribution in [3.8, 4) is 0 Å². The number of fused-ring (bicyclic) bond motifs is 1. The van der Waals surface area contributed by atoms with Crippen molar-refractivity contribution in [2.24, 2.45) is 0 Å². The number of piperidine rings is 1. The van der Waals surface area contributed by atoms with Crippen LogP contribution in [-0.4, -0.2) is 30.7 Å². The maximum atomic E-state index is 13.7. The van der Waals surface area contributed by atoms with Crippen molar-refractivity contribution in [3.63, 3.8) is 0 Å². The highest BCUT2D eigenvalue weighted by atomic mass is 35.5. The summed E-state index contributed by atoms with van der Waals surface area (Å²) in [5.74, 6) is 0.0691. The molecule has 1 aliphatic rings. The van der Waals surface area contributed by atoms with E-state index in [0.717, 1.165) is 53.7 Å². The zero-order chi connectivity index (χ0) is 27.0. The van der Waals surface area contributed by atoms with Crippen molar-refractivity contribution in [1.82, 2.24) is 14.5 Å². The van der Waals surface area contributed by atoms with Crippen LogP contribution in [0, 0.1) is 0 Å². The zero-order valence-electron chi connectivity index (χ0n) is 21.1. The summed E-state index contributed by atoms with van der Waals surface area (Å²) in [6, 6.07) is 30.2. The van der Waals surface area contributed by atoms with Crippen LogP contribution in [0.5, 0.6) is 0 Å². The van der Waals surface area contributed by atoms with Gasteiger partial charge in [-0.05, 0) is 91.2 Å². The van der Waals surface area contributed by atoms with Gasteiger partial charge >= 0.3 is 0 Å². The van der Waals surface area contributed by atoms with Gasteiger partial charge in [0.2, 0.25) is 0 Å². The lowest BCUT2D eigenvalue weighted by molar-refractivity contribution is 0.453. The number of nitrogens with one attached hydrogen (secondary N) is 1. The van der Waals surface area contributed by atoms with Crippen LogP contribution in [0.15, 0.2) is 102 Å². The van der Waals surface area contributed by atoms with Gasteiger partial charge in [0, 0.05) is 27.3 Å². The summed E-state index contributed by atoms with van der Waals surface area (Å²) in [4.78, 5) is 0.218. The standard InChI is InChI=1S/C31H27Cl2N3O2S/c32-25-11-6-21(7-12-25)30(22-8-13-26(33)14-9-22)24-10-15-29-28(20-24)31(23-16-18-34-19-17-23)35-36(29)39(37,38)27-4-2-1-3-5-27/h1-15,20,23,30,34H,16-19H2. The van der Waals surface area contributed by atoms with E-state index >= 15 is 0 Å². The fraction of sp³-hybridized carbons (Fsp3) is 0.194. The SMILES string of the molecule is O=S(=O)(c1ccccc1)n1nc(C2CCNCC2)c2cc(C(c3ccc(Cl)cc3)c3ccc(Cl)cc3)ccc21. The molecule has 0 amide bonds. The first-order valence-corrected chi connectivity index (χ1v) is 15.2. The predicted octanol–water partition coefficient (Wildman–Crippen LogP) is 7.23. The monoisotopic (exact) mass is 575 g/mol. The van der Waals surface area contributed by atoms with Crippen LogP contribution in [0.3, 0.4) is 0 Å². The van der Waals surface area contributed by atoms with Crippen LogP contribution < -0.4 is 5.32 Å². The van der Waals surface area contributed by atoms with Gasteiger partial charge in [-0.1, -0.05) is 71.7 Å². The maximum absolute atomic E-state index is 13.7. The number of aromatic nitrogens is 2. The van der Waals surface area contributed by atoms with Crippen molar-refractivity contribution in [1.29, 1.82) is 0 Å². The molecule has 1 aliphatic heterocycles. The molecule has 6 rings (SSSR count). The minimum Gasteiger partial charge on any atom is -0.317 e. The molecule has 4 aromatic carbocycles. The van der Waals surface area contributed by atoms with E-state index in [2.05, 4.69) is 11.4 Å². The molecule has 198 valence electrons. The highest BCUT2D eigenvalue weighted by Crippen LogP contribution is 2.38. The highest BCUT2D eigenvalue weighted by molar-refractivity contribution is 7.90. The zero-order valence-corrected chi connectivity index (χ0v) is 23.4. The first kappa shape index (κ1) is 26.1. The predicted molar refractivity (Wildman–Crippen MR) is 157 cm³/mol. The minimum atomic E-state index is -3.87. The van der Waals surface area contributed by atoms with E-state index in [0.29, 0.717) is 15.6 Å². The topological polar surface area (TPSA) is 64.0 Å². The van der Waals surface area contributed by atoms with E-state index in [-0.39, 0.29) is 16.7 Å². The number of nitrogens with zero attached hydrogens (tertiary/aromatic N) is 2. The Bertz CT molecular complexity index is 1670. The summed E-state index contributed by atoms with van der Waals surface area (Å²) in [7, 11) is -3.87. The Kier molecular flexibility index (Phi) is 7.21. The molecule has 0 unspecified atom stereocenters. The number of benzene rings is 4. The second kappa shape index (κ2) is 10.8. The molecule has 0 saturated carbocycles. The number of hydrogen-bond donors (Lipinski definition) is 1. The normalized spacial score (nSPS) is 14.7. The number of hydrogen-bond acceptors (Lipinski definition) is 4. The minimum absolute atomic E-state index is 0.0983. The summed E-state index contributed by atoms with van der Waals surface area (Å²) in [6.45, 7) is 1.75. The molecule has 0 radical (unpaired) electrons. The second-order valence-electron chi connectivity index (χ2n) is 9.88. The van der Waals surface area contributed by atoms with E-state index in [4.69, 9.17) is 28.3 Å². The largest absolute Gasteiger partial charge is 0.317 e. The van der Waals surface area contributed by atoms with Crippen molar-refractivity contribution in [2.75, 3.05) is 13.1 Å². The lowest BCUT2D eigenvalue weighted by Gasteiger charge is -2.22. The molecule has 2 heterocycles. The van der Waals surface area contributed by atoms with Crippen molar-refractivity contribution < 1.29 is 8.42 Å². The van der Waals surface area contributed by atoms with Crippen molar-refractivity contribution in [2.45, 2.75) is 29.6 Å². The van der Waals surface area contributed by atoms with E-state index in [9.17, 15) is 8.42 Å². The molecule has 5 aromatic rings. The average molecular weight is 577 g/mol. The van der Waals surface area contributed by atoms with Gasteiger partial charge in [-0.25, -0.2) is 0 Å². The first-order chi connectivity index (χ1) is 18.9. The second-order valence-corrected chi connectivity index (χ2v) is 12.5. The fourth-order valence-electron chi connectivity index (χ4n) is 5.47. The molecule has 1 N–H and O–H groups in total. The van der Waals surface area contributed by atoms with Crippen LogP contribution in [-0.2, 0) is 10.0 Å². The lowest BCUT2D eigenvalue weighted by atomic mass is 9.84. The molecule has 0 spiro atoms. The fourth-order valence-corrected chi connectivity index (χ4v) is 7.04. The number of rotatable bonds is 6. The summed E-state index contributed by atoms with van der Waals surface area (Å²) in [5, 5.41) is 10.4. The van der Waals surface area contributed by atoms with Gasteiger partial charge in [-0.2, -0.15) is 17.6 Å². The molecule has 1 saturated heterocycles. The molecular formula is C31H27Cl2N3O2S. The third-order valence-electron chi connectivity index (χ3n) is 7.44. The summed E-state index contributed by atoms with van der Waals surface area (Å²) in [5.41, 5.74) is 4.61. The van der Waals surface area contributed by atoms with Crippen LogP contribution >= 0.6 is 23.2 Å². The highest BCUT2D eigenvalue weighted by Gasteiger charge is 2.28. The Labute approximate surface area is 238 Å². The van der Waals surface area contributed by atoms with Crippen LogP contribution in [0.4, 0.5) is 0 Å². The van der Waals surface area contributed by atoms with Gasteiger partial charge < -0.3 is 5.32 Å². The smallest absolute Gasteiger partial charge is 0.283 e. The third kappa shape index (κ3) is 5.10. The van der Waals surface area contributed by atoms with Crippen LogP contribution in [0.25, 0.3) is 10.9 Å². The maximum Gasteiger partial charge on any atom is 0.283 e. The van der Waals surface area contributed by atoms with Crippen LogP contribution in [0.1, 0.15) is 47.1 Å². The molecule has 8 heteroatoms. The summed E-state index contributed by atoms with van der Waals surface area (Å²) < 4.78 is 28.7. The van der Waals surface area contributed by atoms with E-state index in [1.54, 1.807) is 30.3 Å². The Hall–Kier alpha value is -3.16. The molecule has 39 heavy (non-hydrogen) atoms. The van der Waals surface area contributed by atoms with Gasteiger partial charge in [0.1, 0.15) is 0 Å². The Morgan fingerprint density at radius 2 is 1.33 bits per heavy atom. The van der Waals surface area contributed by atoms with E-state index in [1.807, 2.05) is 60.7 Å². The van der Waals surface area contributed by atoms with Gasteiger partial charge in [0.05, 0.1) is 16.1 Å². The Morgan fingerprint density at radius 1 is 0.769 bits per heavy atom. The van der Waals surface area contributed by atoms with Crippen molar-refractivity contribution in [3.05, 3.63) is 129 Å². The Balaban J connectivity index is 1.56. The summed E-state index contributed by atoms with van der Waals surface area (Å²) in [6.07, 6.45) is 1.80. The quantitative estimate of drug-likeness (QED) is 0.217. The van der Waals surface area contributed by atoms with E-state index in [1.165, 1.54) is 4.09 Å². The van der Waals surface area contributed by atoms with Crippen molar-refractivity contribution >= 4 is 44.1 Å². The number of halogens is 2. The third-order valence-corrected chi connectivity index (χ3v) is 9.54. The molecule has 5 nitrogen and oxygen atoms in total. The molecule has 0 bridgehead atoms. The summed E-state index contributed by atoms with van der Waals surface area (Å²) >= 11 is 12.4. The Morgan fingerprint density at radius 3 is 1.92 bits per heavy atom. The average Bonchev–Trinajstić information content (AvgIpc) is 3.36.